The summed E-state index contributed by atoms with van der Waals surface area (Å²) < 4.78 is 11.4. The third-order valence-corrected chi connectivity index (χ3v) is 3.37. The molecule has 2 N–H and O–H groups in total. The van der Waals surface area contributed by atoms with Crippen LogP contribution >= 0.6 is 0 Å². The van der Waals surface area contributed by atoms with Crippen LogP contribution in [0.2, 0.25) is 0 Å². The van der Waals surface area contributed by atoms with Crippen LogP contribution in [0.3, 0.4) is 0 Å². The Morgan fingerprint density at radius 2 is 1.90 bits per heavy atom. The molecule has 1 aliphatic rings. The van der Waals surface area contributed by atoms with Gasteiger partial charge in [0.25, 0.3) is 0 Å². The summed E-state index contributed by atoms with van der Waals surface area (Å²) in [5, 5.41) is 8.39. The van der Waals surface area contributed by atoms with Crippen LogP contribution in [-0.4, -0.2) is 30.9 Å². The van der Waals surface area contributed by atoms with E-state index in [1.165, 1.54) is 38.4 Å². The van der Waals surface area contributed by atoms with Gasteiger partial charge in [0.2, 0.25) is 0 Å². The van der Waals surface area contributed by atoms with Crippen LogP contribution in [0.25, 0.3) is 0 Å². The fraction of sp³-hybridized carbons (Fsp3) is 0.533. The Labute approximate surface area is 119 Å². The maximum atomic E-state index is 8.39. The molecule has 110 valence electrons. The SMILES string of the molecule is ONC=Nc1ccc(OCCOC2CCCCC2)cc1. The lowest BCUT2D eigenvalue weighted by Gasteiger charge is -2.21. The van der Waals surface area contributed by atoms with E-state index in [1.807, 2.05) is 29.7 Å². The molecule has 0 aliphatic heterocycles. The number of nitrogens with zero attached hydrogens (tertiary/aromatic N) is 1. The van der Waals surface area contributed by atoms with Gasteiger partial charge < -0.3 is 9.47 Å². The Hall–Kier alpha value is -1.59. The lowest BCUT2D eigenvalue weighted by Crippen LogP contribution is -2.19. The topological polar surface area (TPSA) is 63.1 Å². The first-order valence-electron chi connectivity index (χ1n) is 7.15. The first-order valence-corrected chi connectivity index (χ1v) is 7.15. The number of nitrogens with one attached hydrogen (secondary N) is 1. The lowest BCUT2D eigenvalue weighted by atomic mass is 9.98. The molecule has 0 unspecified atom stereocenters. The van der Waals surface area contributed by atoms with Gasteiger partial charge in [0.1, 0.15) is 18.7 Å². The van der Waals surface area contributed by atoms with Crippen molar-refractivity contribution in [1.29, 1.82) is 0 Å². The molecular formula is C15H22N2O3. The van der Waals surface area contributed by atoms with Gasteiger partial charge >= 0.3 is 0 Å². The van der Waals surface area contributed by atoms with Gasteiger partial charge in [-0.15, -0.1) is 0 Å². The van der Waals surface area contributed by atoms with E-state index in [2.05, 4.69) is 4.99 Å². The van der Waals surface area contributed by atoms with E-state index in [0.717, 1.165) is 11.4 Å². The van der Waals surface area contributed by atoms with Gasteiger partial charge in [-0.05, 0) is 37.1 Å². The number of rotatable bonds is 7. The van der Waals surface area contributed by atoms with Gasteiger partial charge in [0.15, 0.2) is 0 Å². The van der Waals surface area contributed by atoms with Crippen LogP contribution in [0.4, 0.5) is 5.69 Å². The monoisotopic (exact) mass is 278 g/mol. The van der Waals surface area contributed by atoms with E-state index >= 15 is 0 Å². The second-order valence-electron chi connectivity index (χ2n) is 4.86. The van der Waals surface area contributed by atoms with Crippen LogP contribution < -0.4 is 10.2 Å². The van der Waals surface area contributed by atoms with Crippen molar-refractivity contribution in [2.45, 2.75) is 38.2 Å². The second kappa shape index (κ2) is 8.55. The van der Waals surface area contributed by atoms with Gasteiger partial charge in [-0.2, -0.15) is 0 Å². The van der Waals surface area contributed by atoms with E-state index < -0.39 is 0 Å². The largest absolute Gasteiger partial charge is 0.491 e. The number of benzene rings is 1. The van der Waals surface area contributed by atoms with Gasteiger partial charge in [-0.3, -0.25) is 10.7 Å². The summed E-state index contributed by atoms with van der Waals surface area (Å²) in [4.78, 5) is 3.96. The molecule has 1 aliphatic carbocycles. The molecule has 0 saturated heterocycles. The van der Waals surface area contributed by atoms with Crippen molar-refractivity contribution in [3.63, 3.8) is 0 Å². The smallest absolute Gasteiger partial charge is 0.119 e. The molecule has 5 nitrogen and oxygen atoms in total. The quantitative estimate of drug-likeness (QED) is 0.348. The first-order chi connectivity index (χ1) is 9.88. The molecule has 0 spiro atoms. The minimum absolute atomic E-state index is 0.426. The number of ether oxygens (including phenoxy) is 2. The maximum Gasteiger partial charge on any atom is 0.119 e. The zero-order valence-corrected chi connectivity index (χ0v) is 11.6. The normalized spacial score (nSPS) is 16.4. The predicted octanol–water partition coefficient (Wildman–Crippen LogP) is 3.05. The highest BCUT2D eigenvalue weighted by molar-refractivity contribution is 5.59. The van der Waals surface area contributed by atoms with Crippen molar-refractivity contribution in [1.82, 2.24) is 5.48 Å². The molecule has 0 radical (unpaired) electrons. The third-order valence-electron chi connectivity index (χ3n) is 3.37. The zero-order valence-electron chi connectivity index (χ0n) is 11.6. The highest BCUT2D eigenvalue weighted by Crippen LogP contribution is 2.20. The Morgan fingerprint density at radius 3 is 2.60 bits per heavy atom. The van der Waals surface area contributed by atoms with Crippen molar-refractivity contribution >= 4 is 12.0 Å². The van der Waals surface area contributed by atoms with Gasteiger partial charge in [0.05, 0.1) is 18.4 Å². The molecule has 20 heavy (non-hydrogen) atoms. The van der Waals surface area contributed by atoms with E-state index in [1.54, 1.807) is 0 Å². The average Bonchev–Trinajstić information content (AvgIpc) is 2.52. The molecule has 1 aromatic carbocycles. The van der Waals surface area contributed by atoms with Crippen molar-refractivity contribution in [2.24, 2.45) is 4.99 Å². The summed E-state index contributed by atoms with van der Waals surface area (Å²) in [7, 11) is 0. The fourth-order valence-electron chi connectivity index (χ4n) is 2.34. The van der Waals surface area contributed by atoms with E-state index in [0.29, 0.717) is 19.3 Å². The van der Waals surface area contributed by atoms with Gasteiger partial charge in [-0.1, -0.05) is 19.3 Å². The van der Waals surface area contributed by atoms with Crippen LogP contribution in [0.5, 0.6) is 5.75 Å². The lowest BCUT2D eigenvalue weighted by molar-refractivity contribution is 0.0129. The minimum atomic E-state index is 0.426. The van der Waals surface area contributed by atoms with Crippen LogP contribution in [0.1, 0.15) is 32.1 Å². The number of hydrogen-bond donors (Lipinski definition) is 2. The molecule has 0 amide bonds. The molecule has 2 rings (SSSR count). The molecular weight excluding hydrogens is 256 g/mol. The molecule has 0 heterocycles. The van der Waals surface area contributed by atoms with Crippen LogP contribution in [0.15, 0.2) is 29.3 Å². The summed E-state index contributed by atoms with van der Waals surface area (Å²) in [5.41, 5.74) is 2.61. The van der Waals surface area contributed by atoms with Gasteiger partial charge in [0, 0.05) is 0 Å². The van der Waals surface area contributed by atoms with Crippen LogP contribution in [0, 0.1) is 0 Å². The average molecular weight is 278 g/mol. The highest BCUT2D eigenvalue weighted by atomic mass is 16.5. The second-order valence-corrected chi connectivity index (χ2v) is 4.86. The first kappa shape index (κ1) is 14.8. The van der Waals surface area contributed by atoms with Crippen LogP contribution in [-0.2, 0) is 4.74 Å². The summed E-state index contributed by atoms with van der Waals surface area (Å²) in [5.74, 6) is 0.799. The number of aliphatic imine (C=N–C) groups is 1. The number of hydrogen-bond acceptors (Lipinski definition) is 4. The van der Waals surface area contributed by atoms with Crippen molar-refractivity contribution in [2.75, 3.05) is 13.2 Å². The summed E-state index contributed by atoms with van der Waals surface area (Å²) in [6.07, 6.45) is 7.93. The Balaban J connectivity index is 1.64. The van der Waals surface area contributed by atoms with Crippen molar-refractivity contribution in [3.8, 4) is 5.75 Å². The molecule has 5 heteroatoms. The van der Waals surface area contributed by atoms with E-state index in [-0.39, 0.29) is 0 Å². The molecule has 0 aromatic heterocycles. The molecule has 1 saturated carbocycles. The summed E-state index contributed by atoms with van der Waals surface area (Å²) in [6, 6.07) is 7.35. The molecule has 1 aromatic rings. The van der Waals surface area contributed by atoms with Crippen molar-refractivity contribution in [3.05, 3.63) is 24.3 Å². The molecule has 0 atom stereocenters. The minimum Gasteiger partial charge on any atom is -0.491 e. The Morgan fingerprint density at radius 1 is 1.15 bits per heavy atom. The van der Waals surface area contributed by atoms with E-state index in [4.69, 9.17) is 14.7 Å². The predicted molar refractivity (Wildman–Crippen MR) is 77.8 cm³/mol. The Bertz CT molecular complexity index is 400. The Kier molecular flexibility index (Phi) is 6.34. The summed E-state index contributed by atoms with van der Waals surface area (Å²) in [6.45, 7) is 1.20. The molecule has 0 bridgehead atoms. The van der Waals surface area contributed by atoms with Crippen molar-refractivity contribution < 1.29 is 14.7 Å². The molecule has 1 fully saturated rings. The third kappa shape index (κ3) is 5.19. The summed E-state index contributed by atoms with van der Waals surface area (Å²) >= 11 is 0. The van der Waals surface area contributed by atoms with Gasteiger partial charge in [-0.25, -0.2) is 4.99 Å². The fourth-order valence-corrected chi connectivity index (χ4v) is 2.34. The standard InChI is InChI=1S/C15H22N2O3/c18-17-12-16-13-6-8-15(9-7-13)20-11-10-19-14-4-2-1-3-5-14/h6-9,12,14,18H,1-5,10-11H2,(H,16,17). The zero-order chi connectivity index (χ0) is 14.0. The maximum absolute atomic E-state index is 8.39. The highest BCUT2D eigenvalue weighted by Gasteiger charge is 2.13. The van der Waals surface area contributed by atoms with E-state index in [9.17, 15) is 0 Å². The number of hydroxylamine groups is 1.